The number of carbonyl (C=O) groups is 1. The first-order valence-electron chi connectivity index (χ1n) is 8.03. The molecule has 0 saturated carbocycles. The largest absolute Gasteiger partial charge is 0.372 e. The van der Waals surface area contributed by atoms with Gasteiger partial charge in [0.2, 0.25) is 0 Å². The number of hydrogen-bond donors (Lipinski definition) is 2. The van der Waals surface area contributed by atoms with Gasteiger partial charge in [0, 0.05) is 4.47 Å². The van der Waals surface area contributed by atoms with Crippen LogP contribution in [0.5, 0.6) is 0 Å². The highest BCUT2D eigenvalue weighted by Gasteiger charge is 2.39. The summed E-state index contributed by atoms with van der Waals surface area (Å²) in [4.78, 5) is 12.8. The van der Waals surface area contributed by atoms with Crippen molar-refractivity contribution in [2.24, 2.45) is 5.10 Å². The molecule has 0 spiro atoms. The van der Waals surface area contributed by atoms with Crippen LogP contribution in [0.25, 0.3) is 0 Å². The zero-order chi connectivity index (χ0) is 18.4. The molecule has 0 unspecified atom stereocenters. The van der Waals surface area contributed by atoms with Gasteiger partial charge in [-0.15, -0.1) is 0 Å². The highest BCUT2D eigenvalue weighted by Crippen LogP contribution is 2.29. The Morgan fingerprint density at radius 2 is 1.38 bits per heavy atom. The molecule has 0 aliphatic rings. The summed E-state index contributed by atoms with van der Waals surface area (Å²) < 4.78 is 0.959. The van der Waals surface area contributed by atoms with Crippen molar-refractivity contribution in [3.8, 4) is 0 Å². The van der Waals surface area contributed by atoms with E-state index in [0.717, 1.165) is 10.0 Å². The molecule has 0 saturated heterocycles. The van der Waals surface area contributed by atoms with Crippen LogP contribution in [0.1, 0.15) is 16.7 Å². The van der Waals surface area contributed by atoms with Gasteiger partial charge < -0.3 is 5.11 Å². The first kappa shape index (κ1) is 18.0. The van der Waals surface area contributed by atoms with Gasteiger partial charge in [-0.2, -0.15) is 5.10 Å². The number of carbonyl (C=O) groups excluding carboxylic acids is 1. The van der Waals surface area contributed by atoms with Crippen LogP contribution >= 0.6 is 15.9 Å². The normalized spacial score (nSPS) is 11.5. The molecule has 0 aliphatic heterocycles. The molecule has 0 radical (unpaired) electrons. The molecule has 0 fully saturated rings. The van der Waals surface area contributed by atoms with E-state index in [-0.39, 0.29) is 0 Å². The molecule has 2 N–H and O–H groups in total. The average molecular weight is 409 g/mol. The van der Waals surface area contributed by atoms with Crippen LogP contribution in [0.2, 0.25) is 0 Å². The number of nitrogens with zero attached hydrogens (tertiary/aromatic N) is 1. The van der Waals surface area contributed by atoms with E-state index in [4.69, 9.17) is 0 Å². The second kappa shape index (κ2) is 8.08. The summed E-state index contributed by atoms with van der Waals surface area (Å²) in [5.41, 5.74) is 2.40. The van der Waals surface area contributed by atoms with E-state index >= 15 is 0 Å². The smallest absolute Gasteiger partial charge is 0.281 e. The lowest BCUT2D eigenvalue weighted by Crippen LogP contribution is -2.43. The second-order valence-corrected chi connectivity index (χ2v) is 6.61. The predicted octanol–water partition coefficient (Wildman–Crippen LogP) is 3.84. The Morgan fingerprint density at radius 3 is 1.88 bits per heavy atom. The molecular formula is C21H17BrN2O2. The lowest BCUT2D eigenvalue weighted by atomic mass is 9.85. The molecule has 0 aromatic heterocycles. The quantitative estimate of drug-likeness (QED) is 0.497. The standard InChI is InChI=1S/C21H17BrN2O2/c22-19-13-11-16(12-14-19)15-23-24-20(25)21(26,17-7-3-1-4-8-17)18-9-5-2-6-10-18/h1-15,26H,(H,24,25). The fourth-order valence-corrected chi connectivity index (χ4v) is 2.85. The average Bonchev–Trinajstić information content (AvgIpc) is 2.70. The van der Waals surface area contributed by atoms with Crippen molar-refractivity contribution < 1.29 is 9.90 Å². The third kappa shape index (κ3) is 3.90. The maximum Gasteiger partial charge on any atom is 0.281 e. The second-order valence-electron chi connectivity index (χ2n) is 5.69. The van der Waals surface area contributed by atoms with Crippen LogP contribution in [0, 0.1) is 0 Å². The number of benzene rings is 3. The van der Waals surface area contributed by atoms with Crippen LogP contribution in [0.3, 0.4) is 0 Å². The van der Waals surface area contributed by atoms with E-state index in [0.29, 0.717) is 11.1 Å². The Kier molecular flexibility index (Phi) is 5.61. The Balaban J connectivity index is 1.87. The topological polar surface area (TPSA) is 61.7 Å². The summed E-state index contributed by atoms with van der Waals surface area (Å²) in [6.45, 7) is 0. The molecule has 1 amide bonds. The molecule has 4 nitrogen and oxygen atoms in total. The fourth-order valence-electron chi connectivity index (χ4n) is 2.58. The lowest BCUT2D eigenvalue weighted by molar-refractivity contribution is -0.136. The number of amides is 1. The van der Waals surface area contributed by atoms with Gasteiger partial charge in [-0.1, -0.05) is 88.7 Å². The lowest BCUT2D eigenvalue weighted by Gasteiger charge is -2.27. The van der Waals surface area contributed by atoms with Crippen LogP contribution in [0.15, 0.2) is 94.5 Å². The Morgan fingerprint density at radius 1 is 0.885 bits per heavy atom. The van der Waals surface area contributed by atoms with Gasteiger partial charge in [-0.05, 0) is 28.8 Å². The number of rotatable bonds is 5. The first-order valence-corrected chi connectivity index (χ1v) is 8.82. The molecule has 0 heterocycles. The van der Waals surface area contributed by atoms with E-state index in [1.54, 1.807) is 48.5 Å². The number of hydrogen-bond acceptors (Lipinski definition) is 3. The van der Waals surface area contributed by atoms with E-state index in [1.165, 1.54) is 6.21 Å². The molecule has 0 bridgehead atoms. The summed E-state index contributed by atoms with van der Waals surface area (Å²) in [6, 6.07) is 25.1. The third-order valence-electron chi connectivity index (χ3n) is 3.96. The number of nitrogens with one attached hydrogen (secondary N) is 1. The van der Waals surface area contributed by atoms with Crippen LogP contribution in [0.4, 0.5) is 0 Å². The molecule has 5 heteroatoms. The highest BCUT2D eigenvalue weighted by atomic mass is 79.9. The van der Waals surface area contributed by atoms with Crippen molar-refractivity contribution in [3.63, 3.8) is 0 Å². The molecule has 26 heavy (non-hydrogen) atoms. The van der Waals surface area contributed by atoms with Crippen molar-refractivity contribution in [3.05, 3.63) is 106 Å². The van der Waals surface area contributed by atoms with E-state index in [9.17, 15) is 9.90 Å². The van der Waals surface area contributed by atoms with Gasteiger partial charge in [-0.25, -0.2) is 5.43 Å². The van der Waals surface area contributed by atoms with Gasteiger partial charge in [0.15, 0.2) is 5.60 Å². The van der Waals surface area contributed by atoms with Gasteiger partial charge >= 0.3 is 0 Å². The van der Waals surface area contributed by atoms with Gasteiger partial charge in [-0.3, -0.25) is 4.79 Å². The maximum absolute atomic E-state index is 12.8. The molecule has 3 rings (SSSR count). The minimum Gasteiger partial charge on any atom is -0.372 e. The summed E-state index contributed by atoms with van der Waals surface area (Å²) in [6.07, 6.45) is 1.53. The van der Waals surface area contributed by atoms with Gasteiger partial charge in [0.1, 0.15) is 0 Å². The SMILES string of the molecule is O=C(NN=Cc1ccc(Br)cc1)C(O)(c1ccccc1)c1ccccc1. The molecule has 3 aromatic carbocycles. The molecule has 0 aliphatic carbocycles. The Hall–Kier alpha value is -2.76. The first-order chi connectivity index (χ1) is 12.6. The zero-order valence-electron chi connectivity index (χ0n) is 13.8. The summed E-state index contributed by atoms with van der Waals surface area (Å²) in [7, 11) is 0. The van der Waals surface area contributed by atoms with Crippen molar-refractivity contribution >= 4 is 28.1 Å². The van der Waals surface area contributed by atoms with Gasteiger partial charge in [0.25, 0.3) is 5.91 Å². The van der Waals surface area contributed by atoms with Crippen molar-refractivity contribution in [2.75, 3.05) is 0 Å². The van der Waals surface area contributed by atoms with Crippen molar-refractivity contribution in [1.29, 1.82) is 0 Å². The fraction of sp³-hybridized carbons (Fsp3) is 0.0476. The third-order valence-corrected chi connectivity index (χ3v) is 4.49. The maximum atomic E-state index is 12.8. The van der Waals surface area contributed by atoms with E-state index in [2.05, 4.69) is 26.5 Å². The van der Waals surface area contributed by atoms with E-state index < -0.39 is 11.5 Å². The van der Waals surface area contributed by atoms with Crippen LogP contribution < -0.4 is 5.43 Å². The van der Waals surface area contributed by atoms with Crippen LogP contribution in [-0.2, 0) is 10.4 Å². The number of halogens is 1. The Labute approximate surface area is 160 Å². The minimum absolute atomic E-state index is 0.475. The predicted molar refractivity (Wildman–Crippen MR) is 106 cm³/mol. The Bertz CT molecular complexity index is 855. The molecule has 3 aromatic rings. The zero-order valence-corrected chi connectivity index (χ0v) is 15.4. The molecular weight excluding hydrogens is 392 g/mol. The minimum atomic E-state index is -1.83. The molecule has 0 atom stereocenters. The number of hydrazone groups is 1. The van der Waals surface area contributed by atoms with Gasteiger partial charge in [0.05, 0.1) is 6.21 Å². The monoisotopic (exact) mass is 408 g/mol. The van der Waals surface area contributed by atoms with Crippen molar-refractivity contribution in [2.45, 2.75) is 5.60 Å². The number of aliphatic hydroxyl groups is 1. The summed E-state index contributed by atoms with van der Waals surface area (Å²) in [5.74, 6) is -0.622. The summed E-state index contributed by atoms with van der Waals surface area (Å²) >= 11 is 3.37. The van der Waals surface area contributed by atoms with E-state index in [1.807, 2.05) is 36.4 Å². The van der Waals surface area contributed by atoms with Crippen LogP contribution in [-0.4, -0.2) is 17.2 Å². The highest BCUT2D eigenvalue weighted by molar-refractivity contribution is 9.10. The molecule has 130 valence electrons. The summed E-state index contributed by atoms with van der Waals surface area (Å²) in [5, 5.41) is 15.3. The van der Waals surface area contributed by atoms with Crippen molar-refractivity contribution in [1.82, 2.24) is 5.43 Å².